The van der Waals surface area contributed by atoms with Crippen molar-refractivity contribution in [3.05, 3.63) is 29.7 Å². The second kappa shape index (κ2) is 7.61. The molecule has 2 aromatic rings. The first-order valence-corrected chi connectivity index (χ1v) is 9.82. The van der Waals surface area contributed by atoms with Crippen molar-refractivity contribution in [1.82, 2.24) is 24.9 Å². The summed E-state index contributed by atoms with van der Waals surface area (Å²) in [4.78, 5) is 12.6. The third-order valence-corrected chi connectivity index (χ3v) is 5.65. The number of nitrogens with one attached hydrogen (secondary N) is 2. The van der Waals surface area contributed by atoms with Gasteiger partial charge < -0.3 is 10.6 Å². The maximum atomic E-state index is 12.6. The molecule has 0 radical (unpaired) electrons. The molecular formula is C19H28N6O. The van der Waals surface area contributed by atoms with Crippen molar-refractivity contribution in [2.24, 2.45) is 7.05 Å². The summed E-state index contributed by atoms with van der Waals surface area (Å²) in [6, 6.07) is 4.15. The SMILES string of the molecule is Cn1nc(C2CCCCC2)cc1NC(=O)c1ccn(C2CCCNC2)n1. The number of carbonyl (C=O) groups excluding carboxylic acids is 1. The molecule has 0 spiro atoms. The fourth-order valence-corrected chi connectivity index (χ4v) is 4.11. The minimum absolute atomic E-state index is 0.175. The van der Waals surface area contributed by atoms with Gasteiger partial charge in [0.15, 0.2) is 5.69 Å². The molecule has 26 heavy (non-hydrogen) atoms. The first-order chi connectivity index (χ1) is 12.7. The van der Waals surface area contributed by atoms with Crippen LogP contribution in [-0.2, 0) is 7.05 Å². The molecule has 2 aromatic heterocycles. The Balaban J connectivity index is 1.43. The zero-order chi connectivity index (χ0) is 17.9. The van der Waals surface area contributed by atoms with Gasteiger partial charge in [-0.3, -0.25) is 14.2 Å². The monoisotopic (exact) mass is 356 g/mol. The molecule has 1 unspecified atom stereocenters. The van der Waals surface area contributed by atoms with Gasteiger partial charge in [0.25, 0.3) is 5.91 Å². The van der Waals surface area contributed by atoms with Gasteiger partial charge in [-0.15, -0.1) is 0 Å². The predicted molar refractivity (Wildman–Crippen MR) is 100 cm³/mol. The zero-order valence-electron chi connectivity index (χ0n) is 15.4. The Morgan fingerprint density at radius 2 is 2.04 bits per heavy atom. The molecule has 1 saturated carbocycles. The van der Waals surface area contributed by atoms with E-state index in [0.29, 0.717) is 17.7 Å². The Kier molecular flexibility index (Phi) is 5.06. The molecule has 2 fully saturated rings. The van der Waals surface area contributed by atoms with Gasteiger partial charge in [-0.25, -0.2) is 0 Å². The Morgan fingerprint density at radius 1 is 1.19 bits per heavy atom. The van der Waals surface area contributed by atoms with Crippen molar-refractivity contribution < 1.29 is 4.79 Å². The van der Waals surface area contributed by atoms with Crippen LogP contribution in [0.25, 0.3) is 0 Å². The van der Waals surface area contributed by atoms with E-state index in [1.807, 2.05) is 24.0 Å². The fourth-order valence-electron chi connectivity index (χ4n) is 4.11. The van der Waals surface area contributed by atoms with Gasteiger partial charge >= 0.3 is 0 Å². The van der Waals surface area contributed by atoms with E-state index in [1.54, 1.807) is 10.7 Å². The van der Waals surface area contributed by atoms with E-state index >= 15 is 0 Å². The number of piperidine rings is 1. The summed E-state index contributed by atoms with van der Waals surface area (Å²) in [5.41, 5.74) is 1.55. The first-order valence-electron chi connectivity index (χ1n) is 9.82. The molecule has 3 heterocycles. The van der Waals surface area contributed by atoms with Crippen molar-refractivity contribution in [2.45, 2.75) is 56.9 Å². The Labute approximate surface area is 154 Å². The molecule has 1 aliphatic carbocycles. The van der Waals surface area contributed by atoms with Crippen LogP contribution in [0.3, 0.4) is 0 Å². The highest BCUT2D eigenvalue weighted by atomic mass is 16.2. The predicted octanol–water partition coefficient (Wildman–Crippen LogP) is 2.84. The van der Waals surface area contributed by atoms with Crippen LogP contribution in [0, 0.1) is 0 Å². The molecule has 140 valence electrons. The minimum Gasteiger partial charge on any atom is -0.315 e. The molecule has 7 nitrogen and oxygen atoms in total. The molecule has 1 aliphatic heterocycles. The second-order valence-corrected chi connectivity index (χ2v) is 7.55. The molecule has 0 aromatic carbocycles. The van der Waals surface area contributed by atoms with E-state index in [1.165, 1.54) is 32.1 Å². The average molecular weight is 356 g/mol. The number of hydrogen-bond acceptors (Lipinski definition) is 4. The number of nitrogens with zero attached hydrogens (tertiary/aromatic N) is 4. The molecule has 0 bridgehead atoms. The van der Waals surface area contributed by atoms with Crippen molar-refractivity contribution in [1.29, 1.82) is 0 Å². The third-order valence-electron chi connectivity index (χ3n) is 5.65. The Morgan fingerprint density at radius 3 is 2.81 bits per heavy atom. The molecular weight excluding hydrogens is 328 g/mol. The van der Waals surface area contributed by atoms with Gasteiger partial charge in [0.1, 0.15) is 5.82 Å². The summed E-state index contributed by atoms with van der Waals surface area (Å²) in [6.07, 6.45) is 10.4. The topological polar surface area (TPSA) is 76.8 Å². The summed E-state index contributed by atoms with van der Waals surface area (Å²) in [5.74, 6) is 1.09. The van der Waals surface area contributed by atoms with Crippen molar-refractivity contribution >= 4 is 11.7 Å². The standard InChI is InChI=1S/C19H28N6O/c1-24-18(12-17(22-24)14-6-3-2-4-7-14)21-19(26)16-9-11-25(23-16)15-8-5-10-20-13-15/h9,11-12,14-15,20H,2-8,10,13H2,1H3,(H,21,26). The van der Waals surface area contributed by atoms with Crippen LogP contribution in [0.2, 0.25) is 0 Å². The van der Waals surface area contributed by atoms with Gasteiger partial charge in [0, 0.05) is 31.8 Å². The Bertz CT molecular complexity index is 752. The lowest BCUT2D eigenvalue weighted by atomic mass is 9.87. The summed E-state index contributed by atoms with van der Waals surface area (Å²) in [5, 5.41) is 15.5. The van der Waals surface area contributed by atoms with Gasteiger partial charge in [-0.1, -0.05) is 19.3 Å². The lowest BCUT2D eigenvalue weighted by molar-refractivity contribution is 0.102. The van der Waals surface area contributed by atoms with Gasteiger partial charge in [0.2, 0.25) is 0 Å². The van der Waals surface area contributed by atoms with Crippen molar-refractivity contribution in [3.8, 4) is 0 Å². The van der Waals surface area contributed by atoms with Gasteiger partial charge in [-0.2, -0.15) is 10.2 Å². The van der Waals surface area contributed by atoms with E-state index in [-0.39, 0.29) is 5.91 Å². The Hall–Kier alpha value is -2.15. The maximum absolute atomic E-state index is 12.6. The quantitative estimate of drug-likeness (QED) is 0.883. The average Bonchev–Trinajstić information content (AvgIpc) is 3.31. The molecule has 2 aliphatic rings. The van der Waals surface area contributed by atoms with Crippen molar-refractivity contribution in [3.63, 3.8) is 0 Å². The number of rotatable bonds is 4. The van der Waals surface area contributed by atoms with Crippen LogP contribution < -0.4 is 10.6 Å². The number of aryl methyl sites for hydroxylation is 1. The largest absolute Gasteiger partial charge is 0.315 e. The zero-order valence-corrected chi connectivity index (χ0v) is 15.4. The van der Waals surface area contributed by atoms with E-state index in [2.05, 4.69) is 20.8 Å². The number of amides is 1. The highest BCUT2D eigenvalue weighted by molar-refractivity contribution is 6.02. The summed E-state index contributed by atoms with van der Waals surface area (Å²) < 4.78 is 3.68. The fraction of sp³-hybridized carbons (Fsp3) is 0.632. The van der Waals surface area contributed by atoms with Gasteiger partial charge in [0.05, 0.1) is 11.7 Å². The number of aromatic nitrogens is 4. The van der Waals surface area contributed by atoms with Crippen LogP contribution in [0.15, 0.2) is 18.3 Å². The second-order valence-electron chi connectivity index (χ2n) is 7.55. The molecule has 4 rings (SSSR count). The lowest BCUT2D eigenvalue weighted by Crippen LogP contribution is -2.32. The molecule has 7 heteroatoms. The minimum atomic E-state index is -0.175. The molecule has 1 amide bonds. The van der Waals surface area contributed by atoms with Crippen LogP contribution in [0.4, 0.5) is 5.82 Å². The molecule has 1 saturated heterocycles. The lowest BCUT2D eigenvalue weighted by Gasteiger charge is -2.22. The normalized spacial score (nSPS) is 21.7. The van der Waals surface area contributed by atoms with Crippen LogP contribution in [-0.4, -0.2) is 38.6 Å². The van der Waals surface area contributed by atoms with Crippen LogP contribution in [0.5, 0.6) is 0 Å². The molecule has 2 N–H and O–H groups in total. The van der Waals surface area contributed by atoms with E-state index in [4.69, 9.17) is 0 Å². The van der Waals surface area contributed by atoms with Crippen LogP contribution >= 0.6 is 0 Å². The van der Waals surface area contributed by atoms with Gasteiger partial charge in [-0.05, 0) is 38.3 Å². The number of hydrogen-bond donors (Lipinski definition) is 2. The first kappa shape index (κ1) is 17.3. The van der Waals surface area contributed by atoms with Crippen LogP contribution in [0.1, 0.15) is 73.1 Å². The van der Waals surface area contributed by atoms with E-state index < -0.39 is 0 Å². The summed E-state index contributed by atoms with van der Waals surface area (Å²) in [6.45, 7) is 1.98. The highest BCUT2D eigenvalue weighted by Crippen LogP contribution is 2.32. The van der Waals surface area contributed by atoms with E-state index in [0.717, 1.165) is 37.4 Å². The summed E-state index contributed by atoms with van der Waals surface area (Å²) >= 11 is 0. The van der Waals surface area contributed by atoms with Crippen molar-refractivity contribution in [2.75, 3.05) is 18.4 Å². The maximum Gasteiger partial charge on any atom is 0.277 e. The third kappa shape index (κ3) is 3.67. The number of carbonyl (C=O) groups is 1. The molecule has 1 atom stereocenters. The highest BCUT2D eigenvalue weighted by Gasteiger charge is 2.21. The smallest absolute Gasteiger partial charge is 0.277 e. The number of anilines is 1. The van der Waals surface area contributed by atoms with E-state index in [9.17, 15) is 4.79 Å². The summed E-state index contributed by atoms with van der Waals surface area (Å²) in [7, 11) is 1.88.